The summed E-state index contributed by atoms with van der Waals surface area (Å²) < 4.78 is 0. The highest BCUT2D eigenvalue weighted by molar-refractivity contribution is 5.35. The second kappa shape index (κ2) is 13.1. The third kappa shape index (κ3) is 5.60. The summed E-state index contributed by atoms with van der Waals surface area (Å²) in [6.07, 6.45) is 30.0. The second-order valence-corrected chi connectivity index (χ2v) is 14.4. The van der Waals surface area contributed by atoms with Gasteiger partial charge in [0.25, 0.3) is 0 Å². The van der Waals surface area contributed by atoms with Gasteiger partial charge in [-0.15, -0.1) is 0 Å². The maximum Gasteiger partial charge on any atom is 0.0340 e. The van der Waals surface area contributed by atoms with Crippen LogP contribution in [0.15, 0.2) is 122 Å². The van der Waals surface area contributed by atoms with E-state index < -0.39 is 0 Å². The summed E-state index contributed by atoms with van der Waals surface area (Å²) in [5.74, 6) is 1.00. The lowest BCUT2D eigenvalue weighted by Gasteiger charge is -2.37. The number of aromatic nitrogens is 4. The number of hydrogen-bond donors (Lipinski definition) is 4. The number of nitrogens with one attached hydrogen (secondary N) is 4. The predicted octanol–water partition coefficient (Wildman–Crippen LogP) is 4.75. The fourth-order valence-electron chi connectivity index (χ4n) is 9.83. The average molecular weight is 637 g/mol. The molecule has 0 spiro atoms. The van der Waals surface area contributed by atoms with Crippen molar-refractivity contribution >= 4 is 0 Å². The van der Waals surface area contributed by atoms with Gasteiger partial charge in [-0.25, -0.2) is 0 Å². The maximum absolute atomic E-state index is 4.59. The molecule has 8 bridgehead atoms. The first-order valence-electron chi connectivity index (χ1n) is 17.8. The van der Waals surface area contributed by atoms with Crippen LogP contribution in [0, 0.1) is 0 Å². The first-order valence-corrected chi connectivity index (χ1v) is 17.8. The summed E-state index contributed by atoms with van der Waals surface area (Å²) in [5.41, 5.74) is 5.14. The lowest BCUT2D eigenvalue weighted by atomic mass is 9.84. The minimum absolute atomic E-state index is 0.189. The van der Waals surface area contributed by atoms with Crippen LogP contribution < -0.4 is 21.3 Å². The molecule has 12 unspecified atom stereocenters. The molecule has 8 nitrogen and oxygen atoms in total. The van der Waals surface area contributed by atoms with Crippen LogP contribution >= 0.6 is 0 Å². The van der Waals surface area contributed by atoms with Gasteiger partial charge in [0, 0.05) is 122 Å². The van der Waals surface area contributed by atoms with E-state index in [1.54, 1.807) is 0 Å². The Balaban J connectivity index is 1.14. The van der Waals surface area contributed by atoms with Gasteiger partial charge in [0.2, 0.25) is 0 Å². The normalized spacial score (nSPS) is 37.2. The van der Waals surface area contributed by atoms with Gasteiger partial charge in [0.15, 0.2) is 0 Å². The molecule has 0 aromatic carbocycles. The topological polar surface area (TPSA) is 99.7 Å². The van der Waals surface area contributed by atoms with E-state index >= 15 is 0 Å². The SMILES string of the molecule is C1=CC2NC1C(c1cccnc1)C1CCC(N1)C(c1cccnc1)C1C=CC(N1)C(c1cccnc1)C1CCC(N1)C2c1cccnc1. The van der Waals surface area contributed by atoms with E-state index in [0.29, 0.717) is 24.2 Å². The molecule has 9 rings (SSSR count). The van der Waals surface area contributed by atoms with Crippen LogP contribution in [0.1, 0.15) is 71.6 Å². The molecule has 9 heterocycles. The van der Waals surface area contributed by atoms with Gasteiger partial charge in [-0.1, -0.05) is 48.6 Å². The van der Waals surface area contributed by atoms with Crippen LogP contribution in [-0.4, -0.2) is 68.3 Å². The van der Waals surface area contributed by atoms with Crippen LogP contribution in [0.5, 0.6) is 0 Å². The maximum atomic E-state index is 4.59. The Hall–Kier alpha value is -4.08. The molecule has 3 saturated heterocycles. The molecule has 0 amide bonds. The summed E-state index contributed by atoms with van der Waals surface area (Å²) >= 11 is 0. The largest absolute Gasteiger partial charge is 0.310 e. The highest BCUT2D eigenvalue weighted by Crippen LogP contribution is 2.43. The molecule has 48 heavy (non-hydrogen) atoms. The molecule has 0 aliphatic carbocycles. The average Bonchev–Trinajstić information content (AvgIpc) is 3.98. The lowest BCUT2D eigenvalue weighted by Crippen LogP contribution is -2.52. The molecule has 0 radical (unpaired) electrons. The Bertz CT molecular complexity index is 1470. The highest BCUT2D eigenvalue weighted by atomic mass is 15.1. The smallest absolute Gasteiger partial charge is 0.0340 e. The van der Waals surface area contributed by atoms with Gasteiger partial charge < -0.3 is 21.3 Å². The summed E-state index contributed by atoms with van der Waals surface area (Å²) in [4.78, 5) is 18.4. The van der Waals surface area contributed by atoms with E-state index in [1.165, 1.54) is 22.3 Å². The number of pyridine rings is 4. The van der Waals surface area contributed by atoms with E-state index in [9.17, 15) is 0 Å². The van der Waals surface area contributed by atoms with Gasteiger partial charge in [-0.3, -0.25) is 19.9 Å². The van der Waals surface area contributed by atoms with E-state index in [0.717, 1.165) is 25.7 Å². The third-order valence-electron chi connectivity index (χ3n) is 11.8. The fraction of sp³-hybridized carbons (Fsp3) is 0.400. The molecule has 4 aromatic heterocycles. The minimum Gasteiger partial charge on any atom is -0.310 e. The summed E-state index contributed by atoms with van der Waals surface area (Å²) in [6, 6.07) is 19.4. The molecule has 5 aliphatic rings. The van der Waals surface area contributed by atoms with Crippen molar-refractivity contribution in [3.63, 3.8) is 0 Å². The summed E-state index contributed by atoms with van der Waals surface area (Å²) in [5, 5.41) is 16.8. The van der Waals surface area contributed by atoms with Crippen LogP contribution in [-0.2, 0) is 0 Å². The van der Waals surface area contributed by atoms with E-state index in [1.807, 2.05) is 24.8 Å². The van der Waals surface area contributed by atoms with E-state index in [4.69, 9.17) is 0 Å². The van der Waals surface area contributed by atoms with E-state index in [2.05, 4.69) is 139 Å². The molecule has 0 saturated carbocycles. The van der Waals surface area contributed by atoms with Crippen LogP contribution in [0.25, 0.3) is 0 Å². The van der Waals surface area contributed by atoms with Crippen LogP contribution in [0.3, 0.4) is 0 Å². The Morgan fingerprint density at radius 2 is 0.646 bits per heavy atom. The standard InChI is InChI=1S/C40H44N8/c1-5-25(21-41-17-1)37-29-9-11-31(45-29)38(26-6-2-18-42-22-26)33-13-15-35(47-33)40(28-8-4-20-44-24-28)36-16-14-34(48-36)39(27-7-3-19-43-23-27)32-12-10-30(37)46-32/h1-9,11,14,16-24,29-40,45-48H,10,12-13,15H2. The van der Waals surface area contributed by atoms with Gasteiger partial charge in [-0.05, 0) is 72.2 Å². The minimum atomic E-state index is 0.189. The molecule has 244 valence electrons. The molecular weight excluding hydrogens is 592 g/mol. The Labute approximate surface area is 283 Å². The fourth-order valence-corrected chi connectivity index (χ4v) is 9.83. The summed E-state index contributed by atoms with van der Waals surface area (Å²) in [7, 11) is 0. The van der Waals surface area contributed by atoms with Gasteiger partial charge in [0.05, 0.1) is 0 Å². The molecule has 4 aromatic rings. The van der Waals surface area contributed by atoms with Crippen LogP contribution in [0.2, 0.25) is 0 Å². The van der Waals surface area contributed by atoms with Crippen molar-refractivity contribution in [2.24, 2.45) is 0 Å². The molecule has 12 atom stereocenters. The third-order valence-corrected chi connectivity index (χ3v) is 11.8. The zero-order valence-electron chi connectivity index (χ0n) is 27.1. The predicted molar refractivity (Wildman–Crippen MR) is 188 cm³/mol. The van der Waals surface area contributed by atoms with Gasteiger partial charge in [-0.2, -0.15) is 0 Å². The van der Waals surface area contributed by atoms with Crippen molar-refractivity contribution in [2.45, 2.75) is 97.7 Å². The molecule has 5 aliphatic heterocycles. The zero-order chi connectivity index (χ0) is 31.9. The second-order valence-electron chi connectivity index (χ2n) is 14.4. The molecule has 4 N–H and O–H groups in total. The zero-order valence-corrected chi connectivity index (χ0v) is 27.1. The number of rotatable bonds is 4. The Kier molecular flexibility index (Phi) is 8.18. The highest BCUT2D eigenvalue weighted by Gasteiger charge is 2.47. The van der Waals surface area contributed by atoms with Crippen molar-refractivity contribution in [1.82, 2.24) is 41.2 Å². The molecule has 3 fully saturated rings. The first-order chi connectivity index (χ1) is 23.8. The van der Waals surface area contributed by atoms with Gasteiger partial charge >= 0.3 is 0 Å². The first kappa shape index (κ1) is 30.0. The monoisotopic (exact) mass is 636 g/mol. The number of hydrogen-bond acceptors (Lipinski definition) is 8. The Morgan fingerprint density at radius 1 is 0.375 bits per heavy atom. The van der Waals surface area contributed by atoms with Gasteiger partial charge in [0.1, 0.15) is 0 Å². The van der Waals surface area contributed by atoms with Crippen LogP contribution in [0.4, 0.5) is 0 Å². The van der Waals surface area contributed by atoms with Crippen molar-refractivity contribution in [3.05, 3.63) is 145 Å². The summed E-state index contributed by atoms with van der Waals surface area (Å²) in [6.45, 7) is 0. The Morgan fingerprint density at radius 3 is 0.875 bits per heavy atom. The number of nitrogens with zero attached hydrogens (tertiary/aromatic N) is 4. The van der Waals surface area contributed by atoms with Crippen molar-refractivity contribution in [1.29, 1.82) is 0 Å². The van der Waals surface area contributed by atoms with Crippen molar-refractivity contribution in [2.75, 3.05) is 0 Å². The molecular formula is C40H44N8. The molecule has 8 heteroatoms. The van der Waals surface area contributed by atoms with E-state index in [-0.39, 0.29) is 47.8 Å². The number of fused-ring (bicyclic) bond motifs is 8. The lowest BCUT2D eigenvalue weighted by molar-refractivity contribution is 0.316. The van der Waals surface area contributed by atoms with Crippen molar-refractivity contribution in [3.8, 4) is 0 Å². The quantitative estimate of drug-likeness (QED) is 0.239. The van der Waals surface area contributed by atoms with Crippen molar-refractivity contribution < 1.29 is 0 Å².